The van der Waals surface area contributed by atoms with E-state index in [1.807, 2.05) is 0 Å². The van der Waals surface area contributed by atoms with Gasteiger partial charge in [0.25, 0.3) is 0 Å². The van der Waals surface area contributed by atoms with Crippen molar-refractivity contribution in [3.63, 3.8) is 0 Å². The van der Waals surface area contributed by atoms with Gasteiger partial charge in [-0.15, -0.1) is 0 Å². The molecular weight excluding hydrogens is 216 g/mol. The number of ether oxygens (including phenoxy) is 1. The summed E-state index contributed by atoms with van der Waals surface area (Å²) in [6.45, 7) is 0.880. The first-order valence-corrected chi connectivity index (χ1v) is 6.23. The molecule has 1 fully saturated rings. The van der Waals surface area contributed by atoms with E-state index in [-0.39, 0.29) is 0 Å². The Balaban J connectivity index is 2.11. The van der Waals surface area contributed by atoms with Crippen LogP contribution >= 0.6 is 15.9 Å². The van der Waals surface area contributed by atoms with Crippen LogP contribution in [-0.4, -0.2) is 18.0 Å². The summed E-state index contributed by atoms with van der Waals surface area (Å²) in [7, 11) is 0. The normalized spacial score (nSPS) is 21.8. The first-order valence-electron chi connectivity index (χ1n) is 5.11. The zero-order valence-electron chi connectivity index (χ0n) is 7.73. The fourth-order valence-electron chi connectivity index (χ4n) is 1.80. The van der Waals surface area contributed by atoms with Crippen LogP contribution < -0.4 is 0 Å². The lowest BCUT2D eigenvalue weighted by atomic mass is 9.99. The number of hydrogen-bond donors (Lipinski definition) is 0. The maximum Gasteiger partial charge on any atom is 0.0575 e. The predicted octanol–water partition coefficient (Wildman–Crippen LogP) is 3.51. The minimum absolute atomic E-state index is 0.558. The molecule has 0 radical (unpaired) electrons. The largest absolute Gasteiger partial charge is 0.377 e. The monoisotopic (exact) mass is 234 g/mol. The summed E-state index contributed by atoms with van der Waals surface area (Å²) in [5, 5.41) is 0.976. The molecule has 2 heteroatoms. The summed E-state index contributed by atoms with van der Waals surface area (Å²) in [6, 6.07) is 0. The smallest absolute Gasteiger partial charge is 0.0575 e. The second-order valence-corrected chi connectivity index (χ2v) is 4.32. The van der Waals surface area contributed by atoms with Crippen LogP contribution in [0.15, 0.2) is 0 Å². The summed E-state index contributed by atoms with van der Waals surface area (Å²) < 4.78 is 5.72. The van der Waals surface area contributed by atoms with E-state index in [1.54, 1.807) is 0 Å². The van der Waals surface area contributed by atoms with E-state index in [9.17, 15) is 0 Å². The van der Waals surface area contributed by atoms with Crippen LogP contribution in [0, 0.1) is 0 Å². The molecule has 0 bridgehead atoms. The maximum absolute atomic E-state index is 5.72. The maximum atomic E-state index is 5.72. The molecule has 0 aromatic heterocycles. The highest BCUT2D eigenvalue weighted by Gasteiger charge is 2.10. The summed E-state index contributed by atoms with van der Waals surface area (Å²) in [6.07, 6.45) is 10.1. The van der Waals surface area contributed by atoms with E-state index in [4.69, 9.17) is 4.74 Å². The van der Waals surface area contributed by atoms with Crippen LogP contribution in [-0.2, 0) is 4.74 Å². The van der Waals surface area contributed by atoms with E-state index >= 15 is 0 Å². The van der Waals surface area contributed by atoms with Crippen LogP contribution in [0.25, 0.3) is 0 Å². The highest BCUT2D eigenvalue weighted by atomic mass is 79.9. The fraction of sp³-hybridized carbons (Fsp3) is 1.00. The molecule has 1 saturated carbocycles. The number of hydrogen-bond acceptors (Lipinski definition) is 1. The van der Waals surface area contributed by atoms with Crippen molar-refractivity contribution in [3.8, 4) is 0 Å². The molecule has 1 nitrogen and oxygen atoms in total. The Hall–Kier alpha value is 0.440. The van der Waals surface area contributed by atoms with E-state index in [0.29, 0.717) is 6.10 Å². The second kappa shape index (κ2) is 6.90. The third-order valence-corrected chi connectivity index (χ3v) is 2.81. The van der Waals surface area contributed by atoms with E-state index in [0.717, 1.165) is 11.9 Å². The number of rotatable bonds is 3. The van der Waals surface area contributed by atoms with Gasteiger partial charge in [0.1, 0.15) is 0 Å². The van der Waals surface area contributed by atoms with Crippen LogP contribution in [0.2, 0.25) is 0 Å². The number of halogens is 1. The highest BCUT2D eigenvalue weighted by Crippen LogP contribution is 2.19. The van der Waals surface area contributed by atoms with Crippen molar-refractivity contribution in [3.05, 3.63) is 0 Å². The quantitative estimate of drug-likeness (QED) is 0.680. The van der Waals surface area contributed by atoms with E-state index in [1.165, 1.54) is 44.9 Å². The Bertz CT molecular complexity index is 95.3. The molecule has 0 saturated heterocycles. The molecule has 0 atom stereocenters. The van der Waals surface area contributed by atoms with E-state index in [2.05, 4.69) is 15.9 Å². The molecule has 0 spiro atoms. The Morgan fingerprint density at radius 3 is 2.17 bits per heavy atom. The minimum atomic E-state index is 0.558. The van der Waals surface area contributed by atoms with Gasteiger partial charge in [-0.05, 0) is 12.8 Å². The van der Waals surface area contributed by atoms with Crippen LogP contribution in [0.5, 0.6) is 0 Å². The van der Waals surface area contributed by atoms with Crippen LogP contribution in [0.4, 0.5) is 0 Å². The van der Waals surface area contributed by atoms with Crippen molar-refractivity contribution in [1.82, 2.24) is 0 Å². The third kappa shape index (κ3) is 4.46. The molecule has 1 aliphatic rings. The summed E-state index contributed by atoms with van der Waals surface area (Å²) in [4.78, 5) is 0. The second-order valence-electron chi connectivity index (χ2n) is 3.53. The zero-order valence-corrected chi connectivity index (χ0v) is 9.31. The topological polar surface area (TPSA) is 9.23 Å². The van der Waals surface area contributed by atoms with Gasteiger partial charge in [-0.3, -0.25) is 0 Å². The summed E-state index contributed by atoms with van der Waals surface area (Å²) >= 11 is 3.39. The molecule has 1 rings (SSSR count). The summed E-state index contributed by atoms with van der Waals surface area (Å²) in [5.74, 6) is 0. The lowest BCUT2D eigenvalue weighted by molar-refractivity contribution is 0.0463. The number of alkyl halides is 1. The van der Waals surface area contributed by atoms with Gasteiger partial charge in [0.15, 0.2) is 0 Å². The first-order chi connectivity index (χ1) is 5.93. The van der Waals surface area contributed by atoms with Crippen molar-refractivity contribution in [2.75, 3.05) is 11.9 Å². The third-order valence-electron chi connectivity index (χ3n) is 2.48. The Kier molecular flexibility index (Phi) is 6.05. The standard InChI is InChI=1S/C10H19BrO/c11-8-9-12-10-6-4-2-1-3-5-7-10/h10H,1-9H2. The van der Waals surface area contributed by atoms with Gasteiger partial charge < -0.3 is 4.74 Å². The first kappa shape index (κ1) is 10.5. The molecule has 0 unspecified atom stereocenters. The van der Waals surface area contributed by atoms with Gasteiger partial charge in [-0.1, -0.05) is 48.0 Å². The Morgan fingerprint density at radius 2 is 1.58 bits per heavy atom. The molecule has 1 aliphatic carbocycles. The highest BCUT2D eigenvalue weighted by molar-refractivity contribution is 9.09. The van der Waals surface area contributed by atoms with Crippen molar-refractivity contribution in [1.29, 1.82) is 0 Å². The van der Waals surface area contributed by atoms with Crippen LogP contribution in [0.1, 0.15) is 44.9 Å². The van der Waals surface area contributed by atoms with Gasteiger partial charge >= 0.3 is 0 Å². The van der Waals surface area contributed by atoms with Crippen molar-refractivity contribution < 1.29 is 4.74 Å². The molecule has 0 N–H and O–H groups in total. The van der Waals surface area contributed by atoms with E-state index < -0.39 is 0 Å². The molecular formula is C10H19BrO. The van der Waals surface area contributed by atoms with Crippen molar-refractivity contribution in [2.24, 2.45) is 0 Å². The van der Waals surface area contributed by atoms with Crippen molar-refractivity contribution >= 4 is 15.9 Å². The van der Waals surface area contributed by atoms with Gasteiger partial charge in [-0.2, -0.15) is 0 Å². The van der Waals surface area contributed by atoms with Gasteiger partial charge in [0.05, 0.1) is 12.7 Å². The molecule has 0 aromatic rings. The Labute approximate surface area is 84.0 Å². The van der Waals surface area contributed by atoms with Crippen LogP contribution in [0.3, 0.4) is 0 Å². The van der Waals surface area contributed by atoms with Gasteiger partial charge in [0.2, 0.25) is 0 Å². The lowest BCUT2D eigenvalue weighted by Gasteiger charge is -2.19. The lowest BCUT2D eigenvalue weighted by Crippen LogP contribution is -2.15. The van der Waals surface area contributed by atoms with Crippen molar-refractivity contribution in [2.45, 2.75) is 51.0 Å². The molecule has 72 valence electrons. The average molecular weight is 235 g/mol. The average Bonchev–Trinajstić information content (AvgIpc) is 2.02. The molecule has 0 aromatic carbocycles. The van der Waals surface area contributed by atoms with Gasteiger partial charge in [0, 0.05) is 5.33 Å². The van der Waals surface area contributed by atoms with Gasteiger partial charge in [-0.25, -0.2) is 0 Å². The predicted molar refractivity (Wildman–Crippen MR) is 55.9 cm³/mol. The molecule has 0 amide bonds. The zero-order chi connectivity index (χ0) is 8.65. The Morgan fingerprint density at radius 1 is 1.00 bits per heavy atom. The minimum Gasteiger partial charge on any atom is -0.377 e. The fourth-order valence-corrected chi connectivity index (χ4v) is 1.98. The summed E-state index contributed by atoms with van der Waals surface area (Å²) in [5.41, 5.74) is 0. The SMILES string of the molecule is BrCCOC1CCCCCCC1. The molecule has 12 heavy (non-hydrogen) atoms. The molecule has 0 heterocycles. The molecule has 0 aliphatic heterocycles.